The average molecular weight is 511 g/mol. The van der Waals surface area contributed by atoms with Crippen LogP contribution in [0.15, 0.2) is 97.0 Å². The Kier molecular flexibility index (Phi) is 10.0. The summed E-state index contributed by atoms with van der Waals surface area (Å²) in [6, 6.07) is 0. The molecule has 2 fully saturated rings. The molecule has 5 heteroatoms. The highest BCUT2D eigenvalue weighted by atomic mass is 19.1. The Bertz CT molecular complexity index is 892. The molecular formula is C32H40F2O3. The van der Waals surface area contributed by atoms with Gasteiger partial charge < -0.3 is 14.2 Å². The van der Waals surface area contributed by atoms with Gasteiger partial charge in [-0.2, -0.15) is 0 Å². The van der Waals surface area contributed by atoms with Crippen LogP contribution in [0.4, 0.5) is 8.78 Å². The third-order valence-corrected chi connectivity index (χ3v) is 7.85. The van der Waals surface area contributed by atoms with Crippen LogP contribution >= 0.6 is 0 Å². The number of ether oxygens (including phenoxy) is 3. The molecule has 200 valence electrons. The third-order valence-electron chi connectivity index (χ3n) is 7.85. The van der Waals surface area contributed by atoms with E-state index < -0.39 is 12.3 Å². The lowest BCUT2D eigenvalue weighted by Gasteiger charge is -2.29. The van der Waals surface area contributed by atoms with E-state index in [9.17, 15) is 8.78 Å². The summed E-state index contributed by atoms with van der Waals surface area (Å²) in [7, 11) is 0. The quantitative estimate of drug-likeness (QED) is 0.217. The second-order valence-electron chi connectivity index (χ2n) is 10.5. The number of halogens is 2. The van der Waals surface area contributed by atoms with E-state index in [1.54, 1.807) is 0 Å². The summed E-state index contributed by atoms with van der Waals surface area (Å²) in [5.74, 6) is 1.81. The maximum Gasteiger partial charge on any atom is 0.123 e. The second-order valence-corrected chi connectivity index (χ2v) is 10.5. The first-order valence-electron chi connectivity index (χ1n) is 13.7. The highest BCUT2D eigenvalue weighted by Gasteiger charge is 2.27. The van der Waals surface area contributed by atoms with Crippen molar-refractivity contribution in [2.45, 2.75) is 88.8 Å². The third kappa shape index (κ3) is 8.08. The summed E-state index contributed by atoms with van der Waals surface area (Å²) < 4.78 is 45.5. The number of hydrogen-bond donors (Lipinski definition) is 0. The molecule has 2 atom stereocenters. The Morgan fingerprint density at radius 3 is 1.38 bits per heavy atom. The Labute approximate surface area is 220 Å². The summed E-state index contributed by atoms with van der Waals surface area (Å²) in [6.07, 6.45) is 25.5. The second kappa shape index (κ2) is 13.6. The predicted molar refractivity (Wildman–Crippen MR) is 145 cm³/mol. The van der Waals surface area contributed by atoms with Crippen molar-refractivity contribution in [2.75, 3.05) is 0 Å². The van der Waals surface area contributed by atoms with Crippen LogP contribution in [0.5, 0.6) is 0 Å². The summed E-state index contributed by atoms with van der Waals surface area (Å²) >= 11 is 0. The largest absolute Gasteiger partial charge is 0.498 e. The molecule has 4 rings (SSSR count). The molecule has 0 bridgehead atoms. The van der Waals surface area contributed by atoms with Crippen LogP contribution in [0.25, 0.3) is 0 Å². The fraction of sp³-hybridized carbons (Fsp3) is 0.500. The predicted octanol–water partition coefficient (Wildman–Crippen LogP) is 8.66. The van der Waals surface area contributed by atoms with Gasteiger partial charge in [-0.15, -0.1) is 13.2 Å². The van der Waals surface area contributed by atoms with Gasteiger partial charge in [0.25, 0.3) is 0 Å². The molecule has 0 heterocycles. The molecule has 4 aliphatic rings. The molecule has 2 unspecified atom stereocenters. The van der Waals surface area contributed by atoms with Gasteiger partial charge in [0, 0.05) is 0 Å². The van der Waals surface area contributed by atoms with Gasteiger partial charge in [0.15, 0.2) is 0 Å². The van der Waals surface area contributed by atoms with Crippen molar-refractivity contribution in [3.05, 3.63) is 97.0 Å². The van der Waals surface area contributed by atoms with Crippen molar-refractivity contribution < 1.29 is 23.0 Å². The maximum atomic E-state index is 13.8. The van der Waals surface area contributed by atoms with Crippen molar-refractivity contribution in [1.29, 1.82) is 0 Å². The van der Waals surface area contributed by atoms with Crippen LogP contribution < -0.4 is 0 Å². The zero-order valence-electron chi connectivity index (χ0n) is 21.7. The fourth-order valence-corrected chi connectivity index (χ4v) is 5.39. The molecule has 0 N–H and O–H groups in total. The zero-order valence-corrected chi connectivity index (χ0v) is 21.7. The molecule has 3 nitrogen and oxygen atoms in total. The highest BCUT2D eigenvalue weighted by Crippen LogP contribution is 2.32. The summed E-state index contributed by atoms with van der Waals surface area (Å²) in [5.41, 5.74) is 2.19. The summed E-state index contributed by atoms with van der Waals surface area (Å²) in [5, 5.41) is 0. The Hall–Kier alpha value is -2.82. The Morgan fingerprint density at radius 1 is 0.649 bits per heavy atom. The molecule has 37 heavy (non-hydrogen) atoms. The van der Waals surface area contributed by atoms with Crippen molar-refractivity contribution >= 4 is 0 Å². The van der Waals surface area contributed by atoms with Crippen molar-refractivity contribution in [2.24, 2.45) is 11.8 Å². The van der Waals surface area contributed by atoms with Gasteiger partial charge in [-0.25, -0.2) is 8.78 Å². The fourth-order valence-electron chi connectivity index (χ4n) is 5.39. The SMILES string of the molecule is C=CC(F)C1CCC(OC=C2C=CC(OC3=CCC(=COC4CCC(C(F)C=C)CC4)C=C3)=CC2)CC1. The number of rotatable bonds is 10. The van der Waals surface area contributed by atoms with E-state index >= 15 is 0 Å². The molecule has 2 saturated carbocycles. The van der Waals surface area contributed by atoms with Crippen LogP contribution in [0, 0.1) is 11.8 Å². The standard InChI is InChI=1S/C32H40F2O3/c1-3-31(33)25-9-17-27(18-10-25)35-21-23-5-13-29(14-6-23)37-30-15-7-24(8-16-30)22-36-28-19-11-26(12-20-28)32(34)4-2/h3-5,7,13-16,21-22,25-28,31-32H,1-2,6,8-12,17-20H2. The Morgan fingerprint density at radius 2 is 1.05 bits per heavy atom. The molecule has 0 aromatic heterocycles. The zero-order chi connectivity index (χ0) is 26.0. The molecule has 0 aliphatic heterocycles. The van der Waals surface area contributed by atoms with E-state index in [2.05, 4.69) is 25.3 Å². The first-order chi connectivity index (χ1) is 18.0. The maximum absolute atomic E-state index is 13.8. The van der Waals surface area contributed by atoms with E-state index in [-0.39, 0.29) is 24.0 Å². The molecule has 0 aromatic rings. The van der Waals surface area contributed by atoms with Gasteiger partial charge >= 0.3 is 0 Å². The lowest BCUT2D eigenvalue weighted by molar-refractivity contribution is 0.0723. The van der Waals surface area contributed by atoms with Crippen LogP contribution in [0.1, 0.15) is 64.2 Å². The van der Waals surface area contributed by atoms with Crippen LogP contribution in [0.2, 0.25) is 0 Å². The smallest absolute Gasteiger partial charge is 0.123 e. The average Bonchev–Trinajstić information content (AvgIpc) is 2.96. The molecule has 0 saturated heterocycles. The van der Waals surface area contributed by atoms with Crippen LogP contribution in [0.3, 0.4) is 0 Å². The minimum Gasteiger partial charge on any atom is -0.498 e. The summed E-state index contributed by atoms with van der Waals surface area (Å²) in [6.45, 7) is 7.13. The van der Waals surface area contributed by atoms with Gasteiger partial charge in [0.2, 0.25) is 0 Å². The van der Waals surface area contributed by atoms with Gasteiger partial charge in [-0.3, -0.25) is 0 Å². The van der Waals surface area contributed by atoms with Crippen LogP contribution in [-0.2, 0) is 14.2 Å². The minimum atomic E-state index is -0.903. The summed E-state index contributed by atoms with van der Waals surface area (Å²) in [4.78, 5) is 0. The molecule has 0 radical (unpaired) electrons. The lowest BCUT2D eigenvalue weighted by atomic mass is 9.84. The molecule has 4 aliphatic carbocycles. The van der Waals surface area contributed by atoms with Gasteiger partial charge in [-0.05, 0) is 111 Å². The van der Waals surface area contributed by atoms with E-state index in [4.69, 9.17) is 14.2 Å². The molecule has 0 aromatic carbocycles. The van der Waals surface area contributed by atoms with Crippen molar-refractivity contribution in [3.63, 3.8) is 0 Å². The van der Waals surface area contributed by atoms with E-state index in [0.717, 1.165) is 86.9 Å². The first-order valence-corrected chi connectivity index (χ1v) is 13.7. The molecule has 0 spiro atoms. The van der Waals surface area contributed by atoms with Crippen molar-refractivity contribution in [1.82, 2.24) is 0 Å². The highest BCUT2D eigenvalue weighted by molar-refractivity contribution is 5.36. The number of hydrogen-bond acceptors (Lipinski definition) is 3. The van der Waals surface area contributed by atoms with Gasteiger partial charge in [-0.1, -0.05) is 24.3 Å². The Balaban J connectivity index is 1.15. The van der Waals surface area contributed by atoms with Gasteiger partial charge in [0.05, 0.1) is 24.7 Å². The first kappa shape index (κ1) is 27.2. The lowest BCUT2D eigenvalue weighted by Crippen LogP contribution is -2.25. The number of alkyl halides is 2. The molecular weight excluding hydrogens is 470 g/mol. The topological polar surface area (TPSA) is 27.7 Å². The van der Waals surface area contributed by atoms with Crippen molar-refractivity contribution in [3.8, 4) is 0 Å². The minimum absolute atomic E-state index is 0.0867. The molecule has 0 amide bonds. The van der Waals surface area contributed by atoms with E-state index in [1.807, 2.05) is 36.8 Å². The number of allylic oxidation sites excluding steroid dienone is 10. The normalized spacial score (nSPS) is 31.7. The van der Waals surface area contributed by atoms with E-state index in [0.29, 0.717) is 0 Å². The van der Waals surface area contributed by atoms with Crippen LogP contribution in [-0.4, -0.2) is 24.6 Å². The van der Waals surface area contributed by atoms with Gasteiger partial charge in [0.1, 0.15) is 23.9 Å². The van der Waals surface area contributed by atoms with E-state index in [1.165, 1.54) is 12.2 Å². The monoisotopic (exact) mass is 510 g/mol.